The third kappa shape index (κ3) is 35.6. The van der Waals surface area contributed by atoms with Gasteiger partial charge in [-0.15, -0.1) is 11.8 Å². The molecule has 0 amide bonds. The maximum absolute atomic E-state index is 3.31. The second-order valence-corrected chi connectivity index (χ2v) is 5.85. The van der Waals surface area contributed by atoms with E-state index in [1.54, 1.807) is 0 Å². The second-order valence-electron chi connectivity index (χ2n) is 5.85. The largest absolute Gasteiger partial charge is 0.284 e. The van der Waals surface area contributed by atoms with E-state index >= 15 is 0 Å². The van der Waals surface area contributed by atoms with E-state index in [0.29, 0.717) is 0 Å². The first kappa shape index (κ1) is 37.6. The predicted octanol–water partition coefficient (Wildman–Crippen LogP) is 0.733. The van der Waals surface area contributed by atoms with Gasteiger partial charge in [0.1, 0.15) is 0 Å². The van der Waals surface area contributed by atoms with Gasteiger partial charge >= 0.3 is 0 Å². The van der Waals surface area contributed by atoms with Crippen molar-refractivity contribution in [3.05, 3.63) is 13.8 Å². The number of hydrogen-bond acceptors (Lipinski definition) is 0. The fourth-order valence-corrected chi connectivity index (χ4v) is 1.40. The normalized spacial score (nSPS) is 3.92. The molecule has 0 aliphatic rings. The molecule has 0 saturated heterocycles. The van der Waals surface area contributed by atoms with E-state index in [2.05, 4.69) is 286 Å². The first-order valence-corrected chi connectivity index (χ1v) is 12.0. The molecule has 48 heavy (non-hydrogen) atoms. The van der Waals surface area contributed by atoms with Crippen molar-refractivity contribution < 1.29 is 0 Å². The van der Waals surface area contributed by atoms with Gasteiger partial charge in [0.15, 0.2) is 0 Å². The lowest BCUT2D eigenvalue weighted by Gasteiger charge is -1.64. The molecular formula is C48H4-2. The summed E-state index contributed by atoms with van der Waals surface area (Å²) in [5.74, 6) is 114. The van der Waals surface area contributed by atoms with Gasteiger partial charge in [-0.3, -0.25) is 11.8 Å². The highest BCUT2D eigenvalue weighted by atomic mass is 13.6. The van der Waals surface area contributed by atoms with E-state index in [4.69, 9.17) is 0 Å². The molecule has 0 aromatic heterocycles. The van der Waals surface area contributed by atoms with Crippen LogP contribution in [0.1, 0.15) is 0 Å². The van der Waals surface area contributed by atoms with E-state index in [0.717, 1.165) is 0 Å². The van der Waals surface area contributed by atoms with Crippen LogP contribution < -0.4 is 0 Å². The fourth-order valence-electron chi connectivity index (χ4n) is 1.40. The van der Waals surface area contributed by atoms with E-state index in [9.17, 15) is 0 Å². The van der Waals surface area contributed by atoms with Crippen LogP contribution in [0.25, 0.3) is 0 Å². The molecule has 0 nitrogen and oxygen atoms in total. The van der Waals surface area contributed by atoms with Crippen molar-refractivity contribution >= 4 is 0 Å². The van der Waals surface area contributed by atoms with Crippen molar-refractivity contribution in [3.63, 3.8) is 0 Å². The van der Waals surface area contributed by atoms with Crippen molar-refractivity contribution in [2.75, 3.05) is 0 Å². The molecule has 0 heterocycles. The van der Waals surface area contributed by atoms with Gasteiger partial charge in [0.2, 0.25) is 0 Å². The molecule has 0 bridgehead atoms. The zero-order chi connectivity index (χ0) is 34.5. The van der Waals surface area contributed by atoms with Crippen LogP contribution in [0.3, 0.4) is 0 Å². The van der Waals surface area contributed by atoms with E-state index in [-0.39, 0.29) is 0 Å². The Morgan fingerprint density at radius 3 is 0.229 bits per heavy atom. The van der Waals surface area contributed by atoms with Gasteiger partial charge in [-0.25, -0.2) is 11.8 Å². The van der Waals surface area contributed by atoms with Gasteiger partial charge in [0, 0.05) is 142 Å². The minimum Gasteiger partial charge on any atom is -0.284 e. The highest BCUT2D eigenvalue weighted by Gasteiger charge is 1.61. The van der Waals surface area contributed by atoms with Crippen molar-refractivity contribution in [2.24, 2.45) is 0 Å². The van der Waals surface area contributed by atoms with Gasteiger partial charge in [-0.05, 0) is 94.7 Å². The smallest absolute Gasteiger partial charge is 0 e. The summed E-state index contributed by atoms with van der Waals surface area (Å²) in [5, 5.41) is 0. The lowest BCUT2D eigenvalue weighted by molar-refractivity contribution is 2.31. The summed E-state index contributed by atoms with van der Waals surface area (Å²) in [6.45, 7) is 6.62. The number of rotatable bonds is 0. The molecule has 0 heteroatoms. The molecule has 198 valence electrons. The Morgan fingerprint density at radius 1 is 0.104 bits per heavy atom. The van der Waals surface area contributed by atoms with Gasteiger partial charge in [0.25, 0.3) is 0 Å². The lowest BCUT2D eigenvalue weighted by Crippen LogP contribution is -1.57. The van der Waals surface area contributed by atoms with Crippen LogP contribution in [0.4, 0.5) is 0 Å². The van der Waals surface area contributed by atoms with Crippen LogP contribution in [0.15, 0.2) is 0 Å². The standard InChI is InChI=1S/C48H4/c1-3-5-7-9-11-13-15-17-19-21-23-25-27-29-31-33-35-37-39-41-43-45-47-48-46-44-42-40-38-36-34-32-30-28-26-24-22-20-18-16-14-12-10-8-6-4-2/h1-2H2/q-2. The topological polar surface area (TPSA) is 0 Å². The maximum Gasteiger partial charge on any atom is 0 e. The average molecular weight is 581 g/mol. The van der Waals surface area contributed by atoms with Crippen LogP contribution >= 0.6 is 0 Å². The summed E-state index contributed by atoms with van der Waals surface area (Å²) in [6, 6.07) is 0. The van der Waals surface area contributed by atoms with Crippen molar-refractivity contribution in [1.29, 1.82) is 0 Å². The zero-order valence-electron chi connectivity index (χ0n) is 24.4. The Hall–Kier alpha value is -10.4. The molecule has 0 radical (unpaired) electrons. The third-order valence-corrected chi connectivity index (χ3v) is 2.86. The second kappa shape index (κ2) is 36.6. The quantitative estimate of drug-likeness (QED) is 0.293. The van der Waals surface area contributed by atoms with E-state index < -0.39 is 0 Å². The molecule has 0 aromatic carbocycles. The Balaban J connectivity index is 4.55. The molecule has 0 rings (SSSR count). The van der Waals surface area contributed by atoms with Crippen LogP contribution in [-0.2, 0) is 0 Å². The molecule has 0 atom stereocenters. The first-order valence-electron chi connectivity index (χ1n) is 12.0. The van der Waals surface area contributed by atoms with Crippen LogP contribution in [0.2, 0.25) is 0 Å². The molecule has 0 aliphatic heterocycles. The SMILES string of the molecule is [CH2-]C#CC#CC#CC#CC#CC#CC#CC#CC#CC#CC#CC#CC#CC#CC#CC#CC#CC#CC#CC#CC#CC#CC#C[CH2-]. The summed E-state index contributed by atoms with van der Waals surface area (Å²) in [5.41, 5.74) is 0. The Morgan fingerprint density at radius 2 is 0.167 bits per heavy atom. The summed E-state index contributed by atoms with van der Waals surface area (Å²) < 4.78 is 0. The van der Waals surface area contributed by atoms with Gasteiger partial charge in [-0.2, -0.15) is 13.8 Å². The van der Waals surface area contributed by atoms with E-state index in [1.165, 1.54) is 0 Å². The molecule has 0 aromatic rings. The van der Waals surface area contributed by atoms with Crippen LogP contribution in [0.5, 0.6) is 0 Å². The monoisotopic (exact) mass is 580 g/mol. The minimum atomic E-state index is 2.37. The molecule has 0 spiro atoms. The average Bonchev–Trinajstić information content (AvgIpc) is 3.10. The van der Waals surface area contributed by atoms with E-state index in [1.807, 2.05) is 0 Å². The molecule has 0 saturated carbocycles. The summed E-state index contributed by atoms with van der Waals surface area (Å²) in [6.07, 6.45) is 0. The molecule has 0 unspecified atom stereocenters. The Kier molecular flexibility index (Phi) is 28.7. The third-order valence-electron chi connectivity index (χ3n) is 2.86. The van der Waals surface area contributed by atoms with Gasteiger partial charge in [0.05, 0.1) is 0 Å². The van der Waals surface area contributed by atoms with Crippen molar-refractivity contribution in [1.82, 2.24) is 0 Å². The summed E-state index contributed by atoms with van der Waals surface area (Å²) in [7, 11) is 0. The number of hydrogen-bond donors (Lipinski definition) is 0. The Bertz CT molecular complexity index is 2650. The minimum absolute atomic E-state index is 2.37. The molecule has 0 aliphatic carbocycles. The van der Waals surface area contributed by atoms with Crippen LogP contribution in [0, 0.1) is 286 Å². The molecule has 0 N–H and O–H groups in total. The molecule has 0 fully saturated rings. The highest BCUT2D eigenvalue weighted by molar-refractivity contribution is 5.50. The van der Waals surface area contributed by atoms with Crippen molar-refractivity contribution in [3.8, 4) is 272 Å². The Labute approximate surface area is 285 Å². The van der Waals surface area contributed by atoms with Gasteiger partial charge in [-0.1, -0.05) is 0 Å². The predicted molar refractivity (Wildman–Crippen MR) is 190 cm³/mol. The summed E-state index contributed by atoms with van der Waals surface area (Å²) >= 11 is 0. The maximum atomic E-state index is 3.31. The van der Waals surface area contributed by atoms with Crippen LogP contribution in [-0.4, -0.2) is 0 Å². The summed E-state index contributed by atoms with van der Waals surface area (Å²) in [4.78, 5) is 0. The highest BCUT2D eigenvalue weighted by Crippen LogP contribution is 1.62. The van der Waals surface area contributed by atoms with Crippen molar-refractivity contribution in [2.45, 2.75) is 0 Å². The first-order chi connectivity index (χ1) is 23.9. The lowest BCUT2D eigenvalue weighted by atomic mass is 10.4. The zero-order valence-corrected chi connectivity index (χ0v) is 24.4. The van der Waals surface area contributed by atoms with Gasteiger partial charge < -0.3 is 0 Å². The fraction of sp³-hybridized carbons (Fsp3) is 0. The molecular weight excluding hydrogens is 577 g/mol.